The van der Waals surface area contributed by atoms with Crippen LogP contribution in [0.5, 0.6) is 11.5 Å². The molecule has 2 atom stereocenters. The van der Waals surface area contributed by atoms with Crippen LogP contribution in [0.1, 0.15) is 72.7 Å². The van der Waals surface area contributed by atoms with Gasteiger partial charge in [0.25, 0.3) is 0 Å². The molecule has 2 aromatic carbocycles. The van der Waals surface area contributed by atoms with Gasteiger partial charge in [-0.25, -0.2) is 0 Å². The summed E-state index contributed by atoms with van der Waals surface area (Å²) in [6.45, 7) is 3.90. The maximum Gasteiger partial charge on any atom is 0.416 e. The van der Waals surface area contributed by atoms with Crippen molar-refractivity contribution < 1.29 is 32.5 Å². The standard InChI is InChI=1S/C26H29F3O4/c1-3-9-21-22(14-13-20(17(2)30)24(21)31)32-15-7-5-4-6-12-23-25(33-23)18-10-8-11-19(16-18)26(27,28)29/h6,8,10-14,16,23,25,31H,3-5,7,9,15H2,1-2H3/t23-,25-/m1/s1. The second-order valence-corrected chi connectivity index (χ2v) is 8.16. The molecule has 1 saturated heterocycles. The first-order valence-electron chi connectivity index (χ1n) is 11.2. The SMILES string of the molecule is CCCc1c(OCCCCC=C[C@H]2O[C@@H]2c2cccc(C(F)(F)F)c2)ccc(C(C)=O)c1O. The minimum absolute atomic E-state index is 0.00420. The van der Waals surface area contributed by atoms with E-state index in [0.717, 1.165) is 37.8 Å². The van der Waals surface area contributed by atoms with Crippen LogP contribution in [0.3, 0.4) is 0 Å². The number of hydrogen-bond acceptors (Lipinski definition) is 4. The average molecular weight is 463 g/mol. The van der Waals surface area contributed by atoms with Crippen LogP contribution < -0.4 is 4.74 Å². The molecule has 0 saturated carbocycles. The molecule has 33 heavy (non-hydrogen) atoms. The molecule has 0 aromatic heterocycles. The molecule has 0 aliphatic carbocycles. The molecule has 0 bridgehead atoms. The van der Waals surface area contributed by atoms with E-state index in [4.69, 9.17) is 9.47 Å². The average Bonchev–Trinajstić information content (AvgIpc) is 3.54. The van der Waals surface area contributed by atoms with Gasteiger partial charge in [0.2, 0.25) is 0 Å². The van der Waals surface area contributed by atoms with Crippen molar-refractivity contribution in [2.24, 2.45) is 0 Å². The highest BCUT2D eigenvalue weighted by Gasteiger charge is 2.39. The van der Waals surface area contributed by atoms with Crippen LogP contribution in [0.2, 0.25) is 0 Å². The van der Waals surface area contributed by atoms with Crippen LogP contribution in [0.25, 0.3) is 0 Å². The number of rotatable bonds is 11. The van der Waals surface area contributed by atoms with E-state index in [9.17, 15) is 23.1 Å². The van der Waals surface area contributed by atoms with Crippen molar-refractivity contribution in [1.82, 2.24) is 0 Å². The van der Waals surface area contributed by atoms with Crippen molar-refractivity contribution in [3.05, 3.63) is 70.8 Å². The van der Waals surface area contributed by atoms with Crippen molar-refractivity contribution in [3.8, 4) is 11.5 Å². The summed E-state index contributed by atoms with van der Waals surface area (Å²) in [4.78, 5) is 11.6. The highest BCUT2D eigenvalue weighted by molar-refractivity contribution is 5.97. The Balaban J connectivity index is 1.42. The van der Waals surface area contributed by atoms with E-state index in [1.165, 1.54) is 13.0 Å². The number of phenolic OH excluding ortho intramolecular Hbond substituents is 1. The molecule has 1 aliphatic heterocycles. The number of ketones is 1. The molecule has 4 nitrogen and oxygen atoms in total. The number of aromatic hydroxyl groups is 1. The Kier molecular flexibility index (Phi) is 8.19. The molecule has 3 rings (SSSR count). The van der Waals surface area contributed by atoms with Gasteiger partial charge in [0, 0.05) is 5.56 Å². The fraction of sp³-hybridized carbons (Fsp3) is 0.423. The molecule has 178 valence electrons. The Morgan fingerprint density at radius 1 is 1.21 bits per heavy atom. The fourth-order valence-corrected chi connectivity index (χ4v) is 3.74. The number of phenols is 1. The molecular weight excluding hydrogens is 433 g/mol. The minimum Gasteiger partial charge on any atom is -0.507 e. The van der Waals surface area contributed by atoms with Crippen molar-refractivity contribution in [2.45, 2.75) is 64.3 Å². The zero-order valence-corrected chi connectivity index (χ0v) is 18.8. The van der Waals surface area contributed by atoms with Crippen molar-refractivity contribution in [1.29, 1.82) is 0 Å². The summed E-state index contributed by atoms with van der Waals surface area (Å²) >= 11 is 0. The van der Waals surface area contributed by atoms with E-state index in [-0.39, 0.29) is 23.7 Å². The van der Waals surface area contributed by atoms with Crippen LogP contribution in [0.15, 0.2) is 48.6 Å². The van der Waals surface area contributed by atoms with Gasteiger partial charge >= 0.3 is 6.18 Å². The zero-order valence-electron chi connectivity index (χ0n) is 18.8. The summed E-state index contributed by atoms with van der Waals surface area (Å²) in [6, 6.07) is 8.58. The Labute approximate surface area is 192 Å². The highest BCUT2D eigenvalue weighted by atomic mass is 19.4. The third-order valence-electron chi connectivity index (χ3n) is 5.54. The van der Waals surface area contributed by atoms with E-state index in [0.29, 0.717) is 35.5 Å². The molecule has 0 amide bonds. The number of hydrogen-bond donors (Lipinski definition) is 1. The number of ether oxygens (including phenoxy) is 2. The summed E-state index contributed by atoms with van der Waals surface area (Å²) in [5.41, 5.74) is 0.845. The maximum atomic E-state index is 12.8. The van der Waals surface area contributed by atoms with Crippen LogP contribution in [-0.2, 0) is 17.3 Å². The predicted molar refractivity (Wildman–Crippen MR) is 120 cm³/mol. The number of halogens is 3. The molecule has 1 fully saturated rings. The lowest BCUT2D eigenvalue weighted by atomic mass is 10.0. The zero-order chi connectivity index (χ0) is 24.0. The molecule has 0 radical (unpaired) electrons. The molecular formula is C26H29F3O4. The Morgan fingerprint density at radius 2 is 2.00 bits per heavy atom. The monoisotopic (exact) mass is 462 g/mol. The number of carbonyl (C=O) groups excluding carboxylic acids is 1. The summed E-state index contributed by atoms with van der Waals surface area (Å²) in [6.07, 6.45) is 2.92. The van der Waals surface area contributed by atoms with Crippen LogP contribution in [0.4, 0.5) is 13.2 Å². The Bertz CT molecular complexity index is 998. The molecule has 0 spiro atoms. The summed E-state index contributed by atoms with van der Waals surface area (Å²) in [5.74, 6) is 0.424. The van der Waals surface area contributed by atoms with Crippen molar-refractivity contribution >= 4 is 5.78 Å². The van der Waals surface area contributed by atoms with E-state index in [1.54, 1.807) is 18.2 Å². The number of alkyl halides is 3. The Hall–Kier alpha value is -2.80. The van der Waals surface area contributed by atoms with E-state index >= 15 is 0 Å². The van der Waals surface area contributed by atoms with Crippen molar-refractivity contribution in [2.75, 3.05) is 6.61 Å². The predicted octanol–water partition coefficient (Wildman–Crippen LogP) is 6.81. The van der Waals surface area contributed by atoms with Gasteiger partial charge in [-0.3, -0.25) is 4.79 Å². The lowest BCUT2D eigenvalue weighted by molar-refractivity contribution is -0.137. The van der Waals surface area contributed by atoms with E-state index < -0.39 is 11.7 Å². The highest BCUT2D eigenvalue weighted by Crippen LogP contribution is 2.41. The molecule has 1 aliphatic rings. The van der Waals surface area contributed by atoms with Gasteiger partial charge in [0.05, 0.1) is 17.7 Å². The number of epoxide rings is 1. The smallest absolute Gasteiger partial charge is 0.416 e. The second-order valence-electron chi connectivity index (χ2n) is 8.16. The van der Waals surface area contributed by atoms with Crippen LogP contribution in [0, 0.1) is 0 Å². The lowest BCUT2D eigenvalue weighted by Gasteiger charge is -2.14. The molecule has 7 heteroatoms. The first-order chi connectivity index (χ1) is 15.7. The largest absolute Gasteiger partial charge is 0.507 e. The number of carbonyl (C=O) groups is 1. The maximum absolute atomic E-state index is 12.8. The van der Waals surface area contributed by atoms with E-state index in [1.807, 2.05) is 19.1 Å². The van der Waals surface area contributed by atoms with Gasteiger partial charge < -0.3 is 14.6 Å². The molecule has 0 unspecified atom stereocenters. The minimum atomic E-state index is -4.36. The third kappa shape index (κ3) is 6.60. The van der Waals surface area contributed by atoms with Gasteiger partial charge in [-0.2, -0.15) is 13.2 Å². The summed E-state index contributed by atoms with van der Waals surface area (Å²) in [7, 11) is 0. The molecule has 1 N–H and O–H groups in total. The Morgan fingerprint density at radius 3 is 2.70 bits per heavy atom. The van der Waals surface area contributed by atoms with Gasteiger partial charge in [-0.15, -0.1) is 0 Å². The number of allylic oxidation sites excluding steroid dienone is 1. The third-order valence-corrected chi connectivity index (χ3v) is 5.54. The van der Waals surface area contributed by atoms with Crippen LogP contribution in [-0.4, -0.2) is 23.6 Å². The summed E-state index contributed by atoms with van der Waals surface area (Å²) < 4.78 is 49.9. The number of benzene rings is 2. The number of Topliss-reactive ketones (excluding diaryl/α,β-unsaturated/α-hetero) is 1. The molecule has 2 aromatic rings. The lowest BCUT2D eigenvalue weighted by Crippen LogP contribution is -2.05. The van der Waals surface area contributed by atoms with Gasteiger partial charge in [-0.05, 0) is 62.4 Å². The quantitative estimate of drug-likeness (QED) is 0.172. The second kappa shape index (κ2) is 10.9. The van der Waals surface area contributed by atoms with Gasteiger partial charge in [0.1, 0.15) is 23.7 Å². The first-order valence-corrected chi connectivity index (χ1v) is 11.2. The normalized spacial score (nSPS) is 18.0. The molecule has 1 heterocycles. The van der Waals surface area contributed by atoms with Crippen LogP contribution >= 0.6 is 0 Å². The van der Waals surface area contributed by atoms with Crippen molar-refractivity contribution in [3.63, 3.8) is 0 Å². The van der Waals surface area contributed by atoms with E-state index in [2.05, 4.69) is 0 Å². The number of unbranched alkanes of at least 4 members (excludes halogenated alkanes) is 2. The first kappa shape index (κ1) is 24.8. The fourth-order valence-electron chi connectivity index (χ4n) is 3.74. The van der Waals surface area contributed by atoms with Gasteiger partial charge in [0.15, 0.2) is 5.78 Å². The topological polar surface area (TPSA) is 59.1 Å². The van der Waals surface area contributed by atoms with Gasteiger partial charge in [-0.1, -0.05) is 37.6 Å². The summed E-state index contributed by atoms with van der Waals surface area (Å²) in [5, 5.41) is 10.4.